The Labute approximate surface area is 160 Å². The highest BCUT2D eigenvalue weighted by molar-refractivity contribution is 7.89. The van der Waals surface area contributed by atoms with Gasteiger partial charge in [0.05, 0.1) is 9.90 Å². The van der Waals surface area contributed by atoms with E-state index in [2.05, 4.69) is 5.32 Å². The third-order valence-electron chi connectivity index (χ3n) is 3.42. The maximum Gasteiger partial charge on any atom is 0.348 e. The summed E-state index contributed by atoms with van der Waals surface area (Å²) in [5.74, 6) is -0.466. The lowest BCUT2D eigenvalue weighted by atomic mass is 10.1. The molecule has 0 radical (unpaired) electrons. The van der Waals surface area contributed by atoms with Crippen molar-refractivity contribution in [2.24, 2.45) is 0 Å². The predicted molar refractivity (Wildman–Crippen MR) is 101 cm³/mol. The number of halogens is 1. The highest BCUT2D eigenvalue weighted by Gasteiger charge is 2.22. The summed E-state index contributed by atoms with van der Waals surface area (Å²) in [6.07, 6.45) is 0. The molecule has 1 N–H and O–H groups in total. The maximum absolute atomic E-state index is 12.5. The minimum Gasteiger partial charge on any atom is -0.378 e. The van der Waals surface area contributed by atoms with E-state index in [0.717, 1.165) is 16.9 Å². The Morgan fingerprint density at radius 1 is 1.00 bits per heavy atom. The fraction of sp³-hybridized carbons (Fsp3) is 0.0556. The van der Waals surface area contributed by atoms with Crippen molar-refractivity contribution < 1.29 is 17.4 Å². The first-order valence-electron chi connectivity index (χ1n) is 7.57. The van der Waals surface area contributed by atoms with Gasteiger partial charge in [0.2, 0.25) is 0 Å². The summed E-state index contributed by atoms with van der Waals surface area (Å²) >= 11 is 6.67. The van der Waals surface area contributed by atoms with Crippen LogP contribution in [0, 0.1) is 0 Å². The van der Waals surface area contributed by atoms with Crippen LogP contribution in [0.25, 0.3) is 0 Å². The number of nitrogens with one attached hydrogen (secondary N) is 1. The predicted octanol–water partition coefficient (Wildman–Crippen LogP) is 4.10. The molecule has 0 spiro atoms. The molecular formula is C18H14ClNO4S2. The van der Waals surface area contributed by atoms with Crippen molar-refractivity contribution in [1.82, 2.24) is 5.32 Å². The second kappa shape index (κ2) is 7.90. The van der Waals surface area contributed by atoms with Crippen LogP contribution in [0.4, 0.5) is 0 Å². The van der Waals surface area contributed by atoms with Gasteiger partial charge < -0.3 is 9.50 Å². The lowest BCUT2D eigenvalue weighted by Crippen LogP contribution is -2.24. The van der Waals surface area contributed by atoms with Crippen molar-refractivity contribution in [1.29, 1.82) is 0 Å². The van der Waals surface area contributed by atoms with Gasteiger partial charge in [0.15, 0.2) is 9.96 Å². The number of hydrogen-bond acceptors (Lipinski definition) is 5. The Bertz CT molecular complexity index is 1020. The van der Waals surface area contributed by atoms with E-state index in [9.17, 15) is 13.2 Å². The van der Waals surface area contributed by atoms with Crippen LogP contribution >= 0.6 is 22.9 Å². The number of para-hydroxylation sites is 1. The zero-order chi connectivity index (χ0) is 18.6. The van der Waals surface area contributed by atoms with Gasteiger partial charge in [0.1, 0.15) is 0 Å². The lowest BCUT2D eigenvalue weighted by Gasteiger charge is -2.11. The van der Waals surface area contributed by atoms with E-state index in [1.807, 2.05) is 30.3 Å². The number of carbonyl (C=O) groups is 1. The average Bonchev–Trinajstić information content (AvgIpc) is 3.08. The zero-order valence-electron chi connectivity index (χ0n) is 13.4. The Kier molecular flexibility index (Phi) is 5.61. The summed E-state index contributed by atoms with van der Waals surface area (Å²) in [7, 11) is -4.06. The minimum absolute atomic E-state index is 0.0259. The van der Waals surface area contributed by atoms with E-state index in [-0.39, 0.29) is 15.5 Å². The standard InChI is InChI=1S/C18H14ClNO4S2/c19-16-10-11-17(25-16)26(22,23)24-15-9-5-4-8-14(15)18(21)20-12-13-6-2-1-3-7-13/h1-11H,12H2,(H,20,21). The summed E-state index contributed by atoms with van der Waals surface area (Å²) in [6.45, 7) is 0.321. The molecule has 3 aromatic rings. The number of benzene rings is 2. The van der Waals surface area contributed by atoms with Gasteiger partial charge >= 0.3 is 10.1 Å². The Morgan fingerprint density at radius 2 is 1.69 bits per heavy atom. The number of amides is 1. The first-order valence-corrected chi connectivity index (χ1v) is 10.2. The van der Waals surface area contributed by atoms with Crippen molar-refractivity contribution in [2.75, 3.05) is 0 Å². The van der Waals surface area contributed by atoms with Gasteiger partial charge in [-0.25, -0.2) is 0 Å². The molecule has 0 aliphatic heterocycles. The van der Waals surface area contributed by atoms with Gasteiger partial charge in [-0.3, -0.25) is 4.79 Å². The number of hydrogen-bond donors (Lipinski definition) is 1. The van der Waals surface area contributed by atoms with E-state index >= 15 is 0 Å². The van der Waals surface area contributed by atoms with Gasteiger partial charge in [0, 0.05) is 6.54 Å². The number of rotatable bonds is 6. The zero-order valence-corrected chi connectivity index (χ0v) is 15.8. The average molecular weight is 408 g/mol. The van der Waals surface area contributed by atoms with E-state index < -0.39 is 16.0 Å². The van der Waals surface area contributed by atoms with E-state index in [0.29, 0.717) is 10.9 Å². The molecular weight excluding hydrogens is 394 g/mol. The SMILES string of the molecule is O=C(NCc1ccccc1)c1ccccc1OS(=O)(=O)c1ccc(Cl)s1. The van der Waals surface area contributed by atoms with Crippen LogP contribution < -0.4 is 9.50 Å². The maximum atomic E-state index is 12.5. The molecule has 0 aliphatic carbocycles. The van der Waals surface area contributed by atoms with Crippen LogP contribution in [0.5, 0.6) is 5.75 Å². The quantitative estimate of drug-likeness (QED) is 0.624. The summed E-state index contributed by atoms with van der Waals surface area (Å²) in [5, 5.41) is 2.75. The Morgan fingerprint density at radius 3 is 2.38 bits per heavy atom. The van der Waals surface area contributed by atoms with Crippen molar-refractivity contribution >= 4 is 39.0 Å². The fourth-order valence-corrected chi connectivity index (χ4v) is 4.58. The Hall–Kier alpha value is -2.35. The molecule has 0 aliphatic rings. The largest absolute Gasteiger partial charge is 0.378 e. The normalized spacial score (nSPS) is 11.1. The summed E-state index contributed by atoms with van der Waals surface area (Å²) < 4.78 is 30.2. The van der Waals surface area contributed by atoms with Gasteiger partial charge in [-0.15, -0.1) is 11.3 Å². The lowest BCUT2D eigenvalue weighted by molar-refractivity contribution is 0.0949. The summed E-state index contributed by atoms with van der Waals surface area (Å²) in [6, 6.07) is 18.4. The molecule has 3 rings (SSSR count). The molecule has 1 heterocycles. The van der Waals surface area contributed by atoms with Crippen molar-refractivity contribution in [3.63, 3.8) is 0 Å². The van der Waals surface area contributed by atoms with Gasteiger partial charge in [-0.05, 0) is 29.8 Å². The molecule has 2 aromatic carbocycles. The van der Waals surface area contributed by atoms with Crippen LogP contribution in [0.1, 0.15) is 15.9 Å². The smallest absolute Gasteiger partial charge is 0.348 e. The van der Waals surface area contributed by atoms with E-state index in [1.54, 1.807) is 12.1 Å². The van der Waals surface area contributed by atoms with Gasteiger partial charge in [0.25, 0.3) is 5.91 Å². The molecule has 1 amide bonds. The van der Waals surface area contributed by atoms with Crippen LogP contribution in [-0.4, -0.2) is 14.3 Å². The minimum atomic E-state index is -4.06. The molecule has 0 fully saturated rings. The molecule has 8 heteroatoms. The van der Waals surface area contributed by atoms with Crippen LogP contribution in [0.3, 0.4) is 0 Å². The Balaban J connectivity index is 1.78. The first kappa shape index (κ1) is 18.4. The molecule has 134 valence electrons. The number of carbonyl (C=O) groups excluding carboxylic acids is 1. The van der Waals surface area contributed by atoms with Crippen LogP contribution in [-0.2, 0) is 16.7 Å². The highest BCUT2D eigenvalue weighted by atomic mass is 35.5. The molecule has 0 saturated carbocycles. The molecule has 26 heavy (non-hydrogen) atoms. The second-order valence-corrected chi connectivity index (χ2v) is 8.75. The first-order chi connectivity index (χ1) is 12.5. The molecule has 0 saturated heterocycles. The monoisotopic (exact) mass is 407 g/mol. The molecule has 0 atom stereocenters. The second-order valence-electron chi connectivity index (χ2n) is 5.26. The van der Waals surface area contributed by atoms with Gasteiger partial charge in [-0.2, -0.15) is 8.42 Å². The van der Waals surface area contributed by atoms with Crippen molar-refractivity contribution in [3.05, 3.63) is 82.2 Å². The summed E-state index contributed by atoms with van der Waals surface area (Å²) in [4.78, 5) is 12.5. The number of thiophene rings is 1. The van der Waals surface area contributed by atoms with Crippen molar-refractivity contribution in [2.45, 2.75) is 10.8 Å². The van der Waals surface area contributed by atoms with E-state index in [1.165, 1.54) is 24.3 Å². The molecule has 0 unspecified atom stereocenters. The van der Waals surface area contributed by atoms with Crippen LogP contribution in [0.15, 0.2) is 70.9 Å². The topological polar surface area (TPSA) is 72.5 Å². The molecule has 1 aromatic heterocycles. The highest BCUT2D eigenvalue weighted by Crippen LogP contribution is 2.29. The summed E-state index contributed by atoms with van der Waals surface area (Å²) in [5.41, 5.74) is 1.06. The van der Waals surface area contributed by atoms with Crippen molar-refractivity contribution in [3.8, 4) is 5.75 Å². The fourth-order valence-electron chi connectivity index (χ4n) is 2.19. The van der Waals surface area contributed by atoms with E-state index in [4.69, 9.17) is 15.8 Å². The van der Waals surface area contributed by atoms with Crippen LogP contribution in [0.2, 0.25) is 4.34 Å². The third kappa shape index (κ3) is 4.43. The van der Waals surface area contributed by atoms with Gasteiger partial charge in [-0.1, -0.05) is 54.1 Å². The molecule has 0 bridgehead atoms. The molecule has 5 nitrogen and oxygen atoms in total. The third-order valence-corrected chi connectivity index (χ3v) is 6.34.